The first-order valence-corrected chi connectivity index (χ1v) is 3.26. The van der Waals surface area contributed by atoms with Gasteiger partial charge in [-0.15, -0.1) is 0 Å². The Morgan fingerprint density at radius 2 is 1.54 bits per heavy atom. The van der Waals surface area contributed by atoms with Crippen LogP contribution in [0.3, 0.4) is 0 Å². The highest BCUT2D eigenvalue weighted by molar-refractivity contribution is 5.22. The van der Waals surface area contributed by atoms with Gasteiger partial charge in [0.1, 0.15) is 0 Å². The summed E-state index contributed by atoms with van der Waals surface area (Å²) in [5.41, 5.74) is 0.532. The van der Waals surface area contributed by atoms with Crippen molar-refractivity contribution < 1.29 is 22.8 Å². The largest absolute Gasteiger partial charge is 0.316 e. The second-order valence-electron chi connectivity index (χ2n) is 2.28. The predicted octanol–water partition coefficient (Wildman–Crippen LogP) is 1.72. The molecule has 0 fully saturated rings. The van der Waals surface area contributed by atoms with Gasteiger partial charge >= 0.3 is 0 Å². The smallest absolute Gasteiger partial charge is 0.166 e. The molecule has 0 aliphatic carbocycles. The summed E-state index contributed by atoms with van der Waals surface area (Å²) in [6.07, 6.45) is 0. The van der Waals surface area contributed by atoms with Gasteiger partial charge in [-0.05, 0) is 0 Å². The van der Waals surface area contributed by atoms with E-state index in [0.29, 0.717) is 0 Å². The average molecular weight is 195 g/mol. The van der Waals surface area contributed by atoms with Crippen molar-refractivity contribution in [3.8, 4) is 0 Å². The molecule has 1 rings (SSSR count). The van der Waals surface area contributed by atoms with Crippen molar-refractivity contribution in [2.24, 2.45) is 0 Å². The molecule has 0 saturated carbocycles. The van der Waals surface area contributed by atoms with Gasteiger partial charge in [0.05, 0.1) is 6.54 Å². The van der Waals surface area contributed by atoms with Gasteiger partial charge in [0, 0.05) is 11.6 Å². The molecular formula is C7H5F4NO. The Kier molecular flexibility index (Phi) is 2.84. The molecule has 0 unspecified atom stereocenters. The Bertz CT molecular complexity index is 303. The highest BCUT2D eigenvalue weighted by Crippen LogP contribution is 2.18. The Morgan fingerprint density at radius 1 is 1.08 bits per heavy atom. The van der Waals surface area contributed by atoms with E-state index in [0.717, 1.165) is 0 Å². The Balaban J connectivity index is 3.28. The Hall–Kier alpha value is -1.14. The van der Waals surface area contributed by atoms with Crippen molar-refractivity contribution in [1.82, 2.24) is 5.48 Å². The fourth-order valence-corrected chi connectivity index (χ4v) is 0.857. The minimum Gasteiger partial charge on any atom is -0.316 e. The van der Waals surface area contributed by atoms with Crippen LogP contribution in [-0.4, -0.2) is 5.21 Å². The first-order chi connectivity index (χ1) is 6.07. The van der Waals surface area contributed by atoms with Gasteiger partial charge in [-0.1, -0.05) is 0 Å². The van der Waals surface area contributed by atoms with Gasteiger partial charge in [-0.2, -0.15) is 0 Å². The zero-order valence-electron chi connectivity index (χ0n) is 6.24. The van der Waals surface area contributed by atoms with Crippen LogP contribution >= 0.6 is 0 Å². The molecule has 0 atom stereocenters. The third-order valence-electron chi connectivity index (χ3n) is 1.46. The lowest BCUT2D eigenvalue weighted by atomic mass is 10.2. The van der Waals surface area contributed by atoms with Crippen LogP contribution in [0, 0.1) is 23.3 Å². The maximum atomic E-state index is 12.7. The second kappa shape index (κ2) is 3.71. The lowest BCUT2D eigenvalue weighted by Gasteiger charge is -2.04. The number of rotatable bonds is 2. The fourth-order valence-electron chi connectivity index (χ4n) is 0.857. The molecule has 0 spiro atoms. The molecule has 13 heavy (non-hydrogen) atoms. The number of hydroxylamine groups is 1. The van der Waals surface area contributed by atoms with Crippen LogP contribution < -0.4 is 5.48 Å². The molecule has 1 aromatic rings. The number of hydrogen-bond acceptors (Lipinski definition) is 2. The summed E-state index contributed by atoms with van der Waals surface area (Å²) in [4.78, 5) is 0. The zero-order chi connectivity index (χ0) is 10.0. The number of benzene rings is 1. The van der Waals surface area contributed by atoms with Gasteiger partial charge in [0.2, 0.25) is 0 Å². The van der Waals surface area contributed by atoms with Crippen LogP contribution in [0.15, 0.2) is 6.07 Å². The molecule has 0 aliphatic heterocycles. The highest BCUT2D eigenvalue weighted by atomic mass is 19.2. The fraction of sp³-hybridized carbons (Fsp3) is 0.143. The second-order valence-corrected chi connectivity index (χ2v) is 2.28. The SMILES string of the molecule is ONCc1c(F)c(F)cc(F)c1F. The van der Waals surface area contributed by atoms with Crippen LogP contribution in [0.4, 0.5) is 17.6 Å². The minimum absolute atomic E-state index is 0.103. The van der Waals surface area contributed by atoms with E-state index in [2.05, 4.69) is 0 Å². The van der Waals surface area contributed by atoms with Crippen molar-refractivity contribution in [2.75, 3.05) is 0 Å². The summed E-state index contributed by atoms with van der Waals surface area (Å²) in [6, 6.07) is 0.103. The van der Waals surface area contributed by atoms with E-state index < -0.39 is 35.4 Å². The molecule has 72 valence electrons. The summed E-state index contributed by atoms with van der Waals surface area (Å²) < 4.78 is 50.3. The molecule has 0 heterocycles. The summed E-state index contributed by atoms with van der Waals surface area (Å²) in [5, 5.41) is 8.12. The summed E-state index contributed by atoms with van der Waals surface area (Å²) >= 11 is 0. The van der Waals surface area contributed by atoms with Crippen LogP contribution in [0.1, 0.15) is 5.56 Å². The molecule has 0 amide bonds. The van der Waals surface area contributed by atoms with E-state index in [1.165, 1.54) is 5.48 Å². The molecular weight excluding hydrogens is 190 g/mol. The van der Waals surface area contributed by atoms with E-state index in [9.17, 15) is 17.6 Å². The van der Waals surface area contributed by atoms with Crippen LogP contribution in [0.2, 0.25) is 0 Å². The van der Waals surface area contributed by atoms with Gasteiger partial charge in [-0.25, -0.2) is 23.0 Å². The molecule has 2 nitrogen and oxygen atoms in total. The maximum Gasteiger partial charge on any atom is 0.166 e. The average Bonchev–Trinajstić information content (AvgIpc) is 2.09. The van der Waals surface area contributed by atoms with Gasteiger partial charge in [-0.3, -0.25) is 0 Å². The maximum absolute atomic E-state index is 12.7. The zero-order valence-corrected chi connectivity index (χ0v) is 6.24. The van der Waals surface area contributed by atoms with Gasteiger partial charge < -0.3 is 5.21 Å². The van der Waals surface area contributed by atoms with Crippen molar-refractivity contribution in [2.45, 2.75) is 6.54 Å². The number of nitrogens with one attached hydrogen (secondary N) is 1. The third kappa shape index (κ3) is 1.78. The van der Waals surface area contributed by atoms with Crippen LogP contribution in [0.25, 0.3) is 0 Å². The van der Waals surface area contributed by atoms with E-state index >= 15 is 0 Å². The van der Waals surface area contributed by atoms with E-state index in [4.69, 9.17) is 5.21 Å². The summed E-state index contributed by atoms with van der Waals surface area (Å²) in [7, 11) is 0. The van der Waals surface area contributed by atoms with Gasteiger partial charge in [0.15, 0.2) is 23.3 Å². The van der Waals surface area contributed by atoms with Crippen molar-refractivity contribution in [1.29, 1.82) is 0 Å². The molecule has 0 bridgehead atoms. The molecule has 0 aliphatic rings. The predicted molar refractivity (Wildman–Crippen MR) is 34.9 cm³/mol. The number of hydrogen-bond donors (Lipinski definition) is 2. The Labute approximate surface area is 70.8 Å². The number of halogens is 4. The molecule has 1 aromatic carbocycles. The summed E-state index contributed by atoms with van der Waals surface area (Å²) in [5.74, 6) is -6.02. The molecule has 0 radical (unpaired) electrons. The first-order valence-electron chi connectivity index (χ1n) is 3.26. The molecule has 0 saturated heterocycles. The lowest BCUT2D eigenvalue weighted by Crippen LogP contribution is -2.12. The standard InChI is InChI=1S/C7H5F4NO/c8-4-1-5(9)7(11)3(2-12-13)6(4)10/h1,12-13H,2H2. The van der Waals surface area contributed by atoms with Crippen molar-refractivity contribution in [3.05, 3.63) is 34.9 Å². The van der Waals surface area contributed by atoms with Crippen LogP contribution in [-0.2, 0) is 6.54 Å². The van der Waals surface area contributed by atoms with Crippen molar-refractivity contribution in [3.63, 3.8) is 0 Å². The molecule has 2 N–H and O–H groups in total. The Morgan fingerprint density at radius 3 is 1.92 bits per heavy atom. The highest BCUT2D eigenvalue weighted by Gasteiger charge is 2.18. The first kappa shape index (κ1) is 9.94. The lowest BCUT2D eigenvalue weighted by molar-refractivity contribution is 0.157. The van der Waals surface area contributed by atoms with Crippen LogP contribution in [0.5, 0.6) is 0 Å². The third-order valence-corrected chi connectivity index (χ3v) is 1.46. The molecule has 6 heteroatoms. The normalized spacial score (nSPS) is 10.5. The quantitative estimate of drug-likeness (QED) is 0.428. The van der Waals surface area contributed by atoms with E-state index in [1.807, 2.05) is 0 Å². The minimum atomic E-state index is -1.51. The van der Waals surface area contributed by atoms with Gasteiger partial charge in [0.25, 0.3) is 0 Å². The topological polar surface area (TPSA) is 32.3 Å². The van der Waals surface area contributed by atoms with E-state index in [-0.39, 0.29) is 6.07 Å². The monoisotopic (exact) mass is 195 g/mol. The van der Waals surface area contributed by atoms with E-state index in [1.54, 1.807) is 0 Å². The molecule has 0 aromatic heterocycles. The summed E-state index contributed by atoms with van der Waals surface area (Å²) in [6.45, 7) is -0.702. The van der Waals surface area contributed by atoms with Crippen molar-refractivity contribution >= 4 is 0 Å².